The van der Waals surface area contributed by atoms with Gasteiger partial charge >= 0.3 is 0 Å². The number of anilines is 1. The molecule has 0 saturated carbocycles. The maximum Gasteiger partial charge on any atom is 0.290 e. The van der Waals surface area contributed by atoms with Gasteiger partial charge in [0.05, 0.1) is 5.69 Å². The Morgan fingerprint density at radius 1 is 1.40 bits per heavy atom. The second-order valence-corrected chi connectivity index (χ2v) is 4.04. The summed E-state index contributed by atoms with van der Waals surface area (Å²) in [6.07, 6.45) is 0.326. The summed E-state index contributed by atoms with van der Waals surface area (Å²) >= 11 is 1.56. The van der Waals surface area contributed by atoms with Crippen molar-refractivity contribution in [3.63, 3.8) is 0 Å². The monoisotopic (exact) mass is 219 g/mol. The summed E-state index contributed by atoms with van der Waals surface area (Å²) in [6.45, 7) is 0. The van der Waals surface area contributed by atoms with Gasteiger partial charge in [-0.3, -0.25) is 9.59 Å². The number of aldehydes is 1. The predicted molar refractivity (Wildman–Crippen MR) is 61.3 cm³/mol. The Hall–Kier alpha value is -1.68. The van der Waals surface area contributed by atoms with Gasteiger partial charge in [0.2, 0.25) is 6.29 Å². The van der Waals surface area contributed by atoms with Gasteiger partial charge in [-0.1, -0.05) is 18.2 Å². The van der Waals surface area contributed by atoms with Crippen LogP contribution in [0.5, 0.6) is 0 Å². The molecule has 0 aliphatic heterocycles. The van der Waals surface area contributed by atoms with Crippen LogP contribution in [0.1, 0.15) is 0 Å². The molecule has 0 N–H and O–H groups in total. The number of carbonyl (C=O) groups excluding carboxylic acids is 2. The van der Waals surface area contributed by atoms with E-state index in [0.717, 1.165) is 15.8 Å². The van der Waals surface area contributed by atoms with Crippen LogP contribution in [0.2, 0.25) is 0 Å². The minimum absolute atomic E-state index is 0.326. The molecule has 2 rings (SSSR count). The van der Waals surface area contributed by atoms with Crippen LogP contribution in [-0.2, 0) is 9.59 Å². The molecule has 15 heavy (non-hydrogen) atoms. The van der Waals surface area contributed by atoms with E-state index in [1.54, 1.807) is 18.4 Å². The minimum atomic E-state index is -0.529. The summed E-state index contributed by atoms with van der Waals surface area (Å²) in [4.78, 5) is 23.0. The Morgan fingerprint density at radius 2 is 2.13 bits per heavy atom. The lowest BCUT2D eigenvalue weighted by atomic mass is 10.2. The summed E-state index contributed by atoms with van der Waals surface area (Å²) < 4.78 is 1.11. The average Bonchev–Trinajstić information content (AvgIpc) is 2.70. The third-order valence-electron chi connectivity index (χ3n) is 2.25. The van der Waals surface area contributed by atoms with Crippen molar-refractivity contribution < 1.29 is 9.59 Å². The lowest BCUT2D eigenvalue weighted by molar-refractivity contribution is -0.129. The van der Waals surface area contributed by atoms with Gasteiger partial charge in [0.15, 0.2) is 0 Å². The fraction of sp³-hybridized carbons (Fsp3) is 0.0909. The molecule has 0 fully saturated rings. The number of fused-ring (bicyclic) bond motifs is 1. The molecule has 0 aliphatic carbocycles. The molecule has 76 valence electrons. The Balaban J connectivity index is 2.52. The molecule has 0 unspecified atom stereocenters. The number of carbonyl (C=O) groups is 2. The molecule has 1 heterocycles. The maximum absolute atomic E-state index is 11.2. The van der Waals surface area contributed by atoms with E-state index in [9.17, 15) is 9.59 Å². The highest BCUT2D eigenvalue weighted by molar-refractivity contribution is 7.17. The van der Waals surface area contributed by atoms with Crippen molar-refractivity contribution in [2.24, 2.45) is 0 Å². The first-order valence-electron chi connectivity index (χ1n) is 4.43. The zero-order valence-electron chi connectivity index (χ0n) is 8.14. The quantitative estimate of drug-likeness (QED) is 0.572. The highest BCUT2D eigenvalue weighted by atomic mass is 32.1. The van der Waals surface area contributed by atoms with E-state index >= 15 is 0 Å². The molecule has 0 aliphatic rings. The molecule has 0 bridgehead atoms. The van der Waals surface area contributed by atoms with E-state index in [1.807, 2.05) is 29.6 Å². The van der Waals surface area contributed by atoms with Crippen molar-refractivity contribution in [2.45, 2.75) is 0 Å². The zero-order chi connectivity index (χ0) is 10.8. The Labute approximate surface area is 90.9 Å². The van der Waals surface area contributed by atoms with Crippen LogP contribution in [0, 0.1) is 0 Å². The van der Waals surface area contributed by atoms with Gasteiger partial charge in [-0.25, -0.2) is 0 Å². The standard InChI is InChI=1S/C11H9NO2S/c1-12(11(14)6-13)9-7-15-10-5-3-2-4-8(9)10/h2-7H,1H3. The Morgan fingerprint density at radius 3 is 2.87 bits per heavy atom. The second kappa shape index (κ2) is 3.82. The summed E-state index contributed by atoms with van der Waals surface area (Å²) in [5.41, 5.74) is 0.785. The van der Waals surface area contributed by atoms with Crippen LogP contribution in [0.25, 0.3) is 10.1 Å². The van der Waals surface area contributed by atoms with Crippen molar-refractivity contribution in [2.75, 3.05) is 11.9 Å². The smallest absolute Gasteiger partial charge is 0.290 e. The van der Waals surface area contributed by atoms with Crippen LogP contribution in [0.3, 0.4) is 0 Å². The van der Waals surface area contributed by atoms with E-state index in [1.165, 1.54) is 4.90 Å². The molecule has 0 radical (unpaired) electrons. The molecule has 0 saturated heterocycles. The van der Waals surface area contributed by atoms with Crippen LogP contribution >= 0.6 is 11.3 Å². The van der Waals surface area contributed by atoms with E-state index in [4.69, 9.17) is 0 Å². The molecule has 0 atom stereocenters. The third-order valence-corrected chi connectivity index (χ3v) is 3.20. The van der Waals surface area contributed by atoms with Gasteiger partial charge in [-0.15, -0.1) is 11.3 Å². The van der Waals surface area contributed by atoms with Gasteiger partial charge in [0, 0.05) is 22.5 Å². The third kappa shape index (κ3) is 1.64. The summed E-state index contributed by atoms with van der Waals surface area (Å²) in [5, 5.41) is 2.88. The van der Waals surface area contributed by atoms with E-state index < -0.39 is 5.91 Å². The Bertz CT molecular complexity index is 518. The van der Waals surface area contributed by atoms with Crippen LogP contribution in [0.15, 0.2) is 29.6 Å². The van der Waals surface area contributed by atoms with Crippen molar-refractivity contribution in [1.82, 2.24) is 0 Å². The highest BCUT2D eigenvalue weighted by Crippen LogP contribution is 2.31. The number of benzene rings is 1. The number of hydrogen-bond donors (Lipinski definition) is 0. The first kappa shape index (κ1) is 9.86. The zero-order valence-corrected chi connectivity index (χ0v) is 8.95. The first-order valence-corrected chi connectivity index (χ1v) is 5.31. The van der Waals surface area contributed by atoms with Crippen molar-refractivity contribution in [1.29, 1.82) is 0 Å². The van der Waals surface area contributed by atoms with Crippen LogP contribution < -0.4 is 4.90 Å². The van der Waals surface area contributed by atoms with Crippen LogP contribution in [0.4, 0.5) is 5.69 Å². The van der Waals surface area contributed by atoms with Crippen molar-refractivity contribution in [3.8, 4) is 0 Å². The molecule has 2 aromatic rings. The van der Waals surface area contributed by atoms with Crippen LogP contribution in [-0.4, -0.2) is 19.2 Å². The highest BCUT2D eigenvalue weighted by Gasteiger charge is 2.13. The summed E-state index contributed by atoms with van der Waals surface area (Å²) in [6, 6.07) is 7.79. The van der Waals surface area contributed by atoms with Gasteiger partial charge in [-0.05, 0) is 6.07 Å². The summed E-state index contributed by atoms with van der Waals surface area (Å²) in [5.74, 6) is -0.529. The lowest BCUT2D eigenvalue weighted by Crippen LogP contribution is -2.26. The molecule has 4 heteroatoms. The first-order chi connectivity index (χ1) is 7.24. The molecular formula is C11H9NO2S. The molecule has 1 aromatic heterocycles. The van der Waals surface area contributed by atoms with Crippen molar-refractivity contribution in [3.05, 3.63) is 29.6 Å². The summed E-state index contributed by atoms with van der Waals surface area (Å²) in [7, 11) is 1.60. The average molecular weight is 219 g/mol. The number of rotatable bonds is 2. The van der Waals surface area contributed by atoms with E-state index in [0.29, 0.717) is 6.29 Å². The second-order valence-electron chi connectivity index (χ2n) is 3.13. The topological polar surface area (TPSA) is 37.4 Å². The largest absolute Gasteiger partial charge is 0.308 e. The molecule has 0 spiro atoms. The predicted octanol–water partition coefficient (Wildman–Crippen LogP) is 2.06. The van der Waals surface area contributed by atoms with E-state index in [-0.39, 0.29) is 0 Å². The molecule has 3 nitrogen and oxygen atoms in total. The number of likely N-dealkylation sites (N-methyl/N-ethyl adjacent to an activating group) is 1. The fourth-order valence-corrected chi connectivity index (χ4v) is 2.40. The van der Waals surface area contributed by atoms with Gasteiger partial charge < -0.3 is 4.90 Å². The van der Waals surface area contributed by atoms with Gasteiger partial charge in [0.25, 0.3) is 5.91 Å². The SMILES string of the molecule is CN(C(=O)C=O)c1csc2ccccc12. The van der Waals surface area contributed by atoms with Crippen molar-refractivity contribution >= 4 is 39.3 Å². The number of hydrogen-bond acceptors (Lipinski definition) is 3. The lowest BCUT2D eigenvalue weighted by Gasteiger charge is -2.12. The fourth-order valence-electron chi connectivity index (χ4n) is 1.42. The number of amides is 1. The Kier molecular flexibility index (Phi) is 2.51. The number of nitrogens with zero attached hydrogens (tertiary/aromatic N) is 1. The number of thiophene rings is 1. The minimum Gasteiger partial charge on any atom is -0.308 e. The van der Waals surface area contributed by atoms with Gasteiger partial charge in [0.1, 0.15) is 0 Å². The molecule has 1 aromatic carbocycles. The normalized spacial score (nSPS) is 10.2. The molecule has 1 amide bonds. The maximum atomic E-state index is 11.2. The van der Waals surface area contributed by atoms with E-state index in [2.05, 4.69) is 0 Å². The van der Waals surface area contributed by atoms with Gasteiger partial charge in [-0.2, -0.15) is 0 Å². The molecular weight excluding hydrogens is 210 g/mol.